The Morgan fingerprint density at radius 3 is 3.09 bits per heavy atom. The Morgan fingerprint density at radius 1 is 1.52 bits per heavy atom. The van der Waals surface area contributed by atoms with Crippen LogP contribution in [0.15, 0.2) is 17.1 Å². The zero-order chi connectivity index (χ0) is 16.7. The summed E-state index contributed by atoms with van der Waals surface area (Å²) in [5.41, 5.74) is 0.659. The van der Waals surface area contributed by atoms with Gasteiger partial charge in [-0.05, 0) is 26.2 Å². The molecule has 7 heteroatoms. The van der Waals surface area contributed by atoms with Crippen LogP contribution in [0.2, 0.25) is 0 Å². The summed E-state index contributed by atoms with van der Waals surface area (Å²) in [5.74, 6) is 0.0443. The molecule has 7 nitrogen and oxygen atoms in total. The fourth-order valence-corrected chi connectivity index (χ4v) is 2.73. The molecule has 1 fully saturated rings. The highest BCUT2D eigenvalue weighted by atomic mass is 16.5. The molecule has 0 aliphatic carbocycles. The maximum atomic E-state index is 12.3. The third kappa shape index (κ3) is 5.06. The van der Waals surface area contributed by atoms with Crippen molar-refractivity contribution in [1.82, 2.24) is 15.1 Å². The first-order valence-corrected chi connectivity index (χ1v) is 8.25. The van der Waals surface area contributed by atoms with Crippen molar-refractivity contribution in [3.63, 3.8) is 0 Å². The lowest BCUT2D eigenvalue weighted by atomic mass is 9.97. The molecule has 1 amide bonds. The average Bonchev–Trinajstić information content (AvgIpc) is 2.57. The van der Waals surface area contributed by atoms with Crippen LogP contribution >= 0.6 is 0 Å². The fraction of sp³-hybridized carbons (Fsp3) is 0.688. The molecule has 2 rings (SSSR count). The van der Waals surface area contributed by atoms with Gasteiger partial charge in [0.15, 0.2) is 0 Å². The van der Waals surface area contributed by atoms with Gasteiger partial charge in [0.25, 0.3) is 5.56 Å². The quantitative estimate of drug-likeness (QED) is 0.742. The molecular weight excluding hydrogens is 296 g/mol. The number of carbonyl (C=O) groups excluding carboxylic acids is 1. The molecule has 1 aliphatic rings. The molecule has 0 aromatic carbocycles. The van der Waals surface area contributed by atoms with Gasteiger partial charge in [-0.25, -0.2) is 4.68 Å². The summed E-state index contributed by atoms with van der Waals surface area (Å²) in [6.07, 6.45) is 4.33. The molecule has 1 N–H and O–H groups in total. The molecule has 1 aromatic rings. The van der Waals surface area contributed by atoms with Crippen molar-refractivity contribution in [2.45, 2.75) is 26.2 Å². The molecule has 1 unspecified atom stereocenters. The number of ether oxygens (including phenoxy) is 1. The van der Waals surface area contributed by atoms with Crippen molar-refractivity contribution >= 4 is 11.6 Å². The topological polar surface area (TPSA) is 76.5 Å². The van der Waals surface area contributed by atoms with Crippen LogP contribution < -0.4 is 15.8 Å². The van der Waals surface area contributed by atoms with Gasteiger partial charge in [0, 0.05) is 46.0 Å². The van der Waals surface area contributed by atoms with E-state index in [4.69, 9.17) is 4.74 Å². The van der Waals surface area contributed by atoms with Crippen LogP contribution in [0.1, 0.15) is 26.2 Å². The highest BCUT2D eigenvalue weighted by Gasteiger charge is 2.26. The Hall–Kier alpha value is -1.89. The number of nitrogens with zero attached hydrogens (tertiary/aromatic N) is 3. The van der Waals surface area contributed by atoms with Gasteiger partial charge in [-0.15, -0.1) is 0 Å². The van der Waals surface area contributed by atoms with Gasteiger partial charge in [-0.3, -0.25) is 9.59 Å². The average molecular weight is 322 g/mol. The second-order valence-corrected chi connectivity index (χ2v) is 5.80. The number of amides is 1. The van der Waals surface area contributed by atoms with E-state index in [-0.39, 0.29) is 17.4 Å². The smallest absolute Gasteiger partial charge is 0.268 e. The van der Waals surface area contributed by atoms with E-state index in [9.17, 15) is 9.59 Å². The van der Waals surface area contributed by atoms with E-state index < -0.39 is 0 Å². The first-order chi connectivity index (χ1) is 11.1. The zero-order valence-electron chi connectivity index (χ0n) is 14.0. The number of rotatable bonds is 7. The predicted molar refractivity (Wildman–Crippen MR) is 88.5 cm³/mol. The van der Waals surface area contributed by atoms with E-state index >= 15 is 0 Å². The molecule has 0 spiro atoms. The normalized spacial score (nSPS) is 18.0. The van der Waals surface area contributed by atoms with Crippen LogP contribution in [0.25, 0.3) is 0 Å². The van der Waals surface area contributed by atoms with Crippen LogP contribution in [0.4, 0.5) is 5.69 Å². The Bertz CT molecular complexity index is 573. The molecular formula is C16H26N4O3. The third-order valence-corrected chi connectivity index (χ3v) is 4.08. The maximum Gasteiger partial charge on any atom is 0.268 e. The highest BCUT2D eigenvalue weighted by molar-refractivity contribution is 5.79. The van der Waals surface area contributed by atoms with Gasteiger partial charge in [-0.2, -0.15) is 5.10 Å². The summed E-state index contributed by atoms with van der Waals surface area (Å²) in [6, 6.07) is 1.58. The first-order valence-electron chi connectivity index (χ1n) is 8.25. The molecule has 1 saturated heterocycles. The Kier molecular flexibility index (Phi) is 6.58. The number of carbonyl (C=O) groups is 1. The monoisotopic (exact) mass is 322 g/mol. The van der Waals surface area contributed by atoms with E-state index in [2.05, 4.69) is 15.3 Å². The predicted octanol–water partition coefficient (Wildman–Crippen LogP) is 0.540. The molecule has 1 aliphatic heterocycles. The summed E-state index contributed by atoms with van der Waals surface area (Å²) < 4.78 is 6.56. The molecule has 0 saturated carbocycles. The van der Waals surface area contributed by atoms with Gasteiger partial charge in [-0.1, -0.05) is 0 Å². The van der Waals surface area contributed by atoms with E-state index in [1.807, 2.05) is 6.92 Å². The van der Waals surface area contributed by atoms with Crippen LogP contribution in [-0.2, 0) is 16.6 Å². The molecule has 2 heterocycles. The zero-order valence-corrected chi connectivity index (χ0v) is 14.0. The van der Waals surface area contributed by atoms with Crippen molar-refractivity contribution in [2.75, 3.05) is 37.7 Å². The standard InChI is InChI=1S/C16H26N4O3/c1-3-23-9-5-7-17-16(22)13-6-4-8-20(12-13)14-10-15(21)19(2)18-11-14/h10-11,13H,3-9,12H2,1-2H3,(H,17,22). The van der Waals surface area contributed by atoms with Crippen molar-refractivity contribution in [1.29, 1.82) is 0 Å². The number of hydrogen-bond donors (Lipinski definition) is 1. The summed E-state index contributed by atoms with van der Waals surface area (Å²) in [5, 5.41) is 7.03. The van der Waals surface area contributed by atoms with Crippen molar-refractivity contribution < 1.29 is 9.53 Å². The Labute approximate surface area is 136 Å². The van der Waals surface area contributed by atoms with E-state index in [1.54, 1.807) is 19.3 Å². The maximum absolute atomic E-state index is 12.3. The van der Waals surface area contributed by atoms with Crippen molar-refractivity contribution in [2.24, 2.45) is 13.0 Å². The summed E-state index contributed by atoms with van der Waals surface area (Å²) in [7, 11) is 1.63. The second kappa shape index (κ2) is 8.67. The molecule has 1 atom stereocenters. The van der Waals surface area contributed by atoms with Gasteiger partial charge < -0.3 is 15.0 Å². The first kappa shape index (κ1) is 17.5. The van der Waals surface area contributed by atoms with E-state index in [0.29, 0.717) is 26.3 Å². The lowest BCUT2D eigenvalue weighted by Crippen LogP contribution is -2.43. The number of piperidine rings is 1. The number of aryl methyl sites for hydroxylation is 1. The molecule has 1 aromatic heterocycles. The minimum absolute atomic E-state index is 0.0418. The Balaban J connectivity index is 1.86. The third-order valence-electron chi connectivity index (χ3n) is 4.08. The molecule has 128 valence electrons. The molecule has 0 bridgehead atoms. The van der Waals surface area contributed by atoms with Crippen LogP contribution in [0, 0.1) is 5.92 Å². The number of aromatic nitrogens is 2. The fourth-order valence-electron chi connectivity index (χ4n) is 2.73. The largest absolute Gasteiger partial charge is 0.382 e. The summed E-state index contributed by atoms with van der Waals surface area (Å²) in [6.45, 7) is 5.46. The summed E-state index contributed by atoms with van der Waals surface area (Å²) >= 11 is 0. The van der Waals surface area contributed by atoms with Crippen molar-refractivity contribution in [3.05, 3.63) is 22.6 Å². The molecule has 0 radical (unpaired) electrons. The van der Waals surface area contributed by atoms with Gasteiger partial charge in [0.1, 0.15) is 0 Å². The lowest BCUT2D eigenvalue weighted by Gasteiger charge is -2.33. The molecule has 23 heavy (non-hydrogen) atoms. The number of hydrogen-bond acceptors (Lipinski definition) is 5. The lowest BCUT2D eigenvalue weighted by molar-refractivity contribution is -0.125. The minimum atomic E-state index is -0.134. The number of nitrogens with one attached hydrogen (secondary N) is 1. The van der Waals surface area contributed by atoms with Crippen LogP contribution in [-0.4, -0.2) is 48.5 Å². The minimum Gasteiger partial charge on any atom is -0.382 e. The van der Waals surface area contributed by atoms with Crippen molar-refractivity contribution in [3.8, 4) is 0 Å². The number of anilines is 1. The van der Waals surface area contributed by atoms with Crippen LogP contribution in [0.5, 0.6) is 0 Å². The van der Waals surface area contributed by atoms with Crippen LogP contribution in [0.3, 0.4) is 0 Å². The van der Waals surface area contributed by atoms with Gasteiger partial charge >= 0.3 is 0 Å². The van der Waals surface area contributed by atoms with Gasteiger partial charge in [0.05, 0.1) is 17.8 Å². The SMILES string of the molecule is CCOCCCNC(=O)C1CCCN(c2cnn(C)c(=O)c2)C1. The Morgan fingerprint density at radius 2 is 2.35 bits per heavy atom. The second-order valence-electron chi connectivity index (χ2n) is 5.80. The summed E-state index contributed by atoms with van der Waals surface area (Å²) in [4.78, 5) is 26.0. The van der Waals surface area contributed by atoms with E-state index in [0.717, 1.165) is 31.5 Å². The van der Waals surface area contributed by atoms with Gasteiger partial charge in [0.2, 0.25) is 5.91 Å². The highest BCUT2D eigenvalue weighted by Crippen LogP contribution is 2.21. The van der Waals surface area contributed by atoms with E-state index in [1.165, 1.54) is 4.68 Å².